The Hall–Kier alpha value is -0.610. The molecule has 4 N–H and O–H groups in total. The first-order valence-electron chi connectivity index (χ1n) is 5.31. The molecule has 1 amide bonds. The Morgan fingerprint density at radius 2 is 2.29 bits per heavy atom. The molecule has 0 spiro atoms. The molecule has 0 bridgehead atoms. The smallest absolute Gasteiger partial charge is 0.227 e. The number of hydrogen-bond donors (Lipinski definition) is 3. The van der Waals surface area contributed by atoms with Crippen LogP contribution in [0, 0.1) is 5.41 Å². The maximum Gasteiger partial charge on any atom is 0.227 e. The van der Waals surface area contributed by atoms with Gasteiger partial charge in [0.25, 0.3) is 0 Å². The molecule has 0 heterocycles. The molecular formula is C10H20N2O2. The standard InChI is InChI=1S/C10H20N2O2/c1-2-3-8(13)6-12-9(14)10(7-11)4-5-10/h8,13H,2-7,11H2,1H3,(H,12,14). The van der Waals surface area contributed by atoms with Crippen LogP contribution in [0.2, 0.25) is 0 Å². The van der Waals surface area contributed by atoms with Crippen molar-refractivity contribution < 1.29 is 9.90 Å². The largest absolute Gasteiger partial charge is 0.391 e. The molecule has 0 saturated heterocycles. The predicted molar refractivity (Wildman–Crippen MR) is 54.6 cm³/mol. The second-order valence-corrected chi connectivity index (χ2v) is 4.14. The van der Waals surface area contributed by atoms with Gasteiger partial charge in [-0.2, -0.15) is 0 Å². The second kappa shape index (κ2) is 4.75. The number of aliphatic hydroxyl groups excluding tert-OH is 1. The third kappa shape index (κ3) is 2.69. The fourth-order valence-corrected chi connectivity index (χ4v) is 1.51. The van der Waals surface area contributed by atoms with Crippen molar-refractivity contribution in [3.63, 3.8) is 0 Å². The van der Waals surface area contributed by atoms with Crippen molar-refractivity contribution in [3.05, 3.63) is 0 Å². The normalized spacial score (nSPS) is 20.2. The molecule has 1 atom stereocenters. The monoisotopic (exact) mass is 200 g/mol. The van der Waals surface area contributed by atoms with Crippen LogP contribution in [0.3, 0.4) is 0 Å². The maximum atomic E-state index is 11.6. The molecule has 1 aliphatic rings. The predicted octanol–water partition coefficient (Wildman–Crippen LogP) is 0.00250. The van der Waals surface area contributed by atoms with Crippen LogP contribution in [0.25, 0.3) is 0 Å². The van der Waals surface area contributed by atoms with Crippen molar-refractivity contribution >= 4 is 5.91 Å². The van der Waals surface area contributed by atoms with Crippen molar-refractivity contribution in [1.82, 2.24) is 5.32 Å². The lowest BCUT2D eigenvalue weighted by molar-refractivity contribution is -0.126. The quantitative estimate of drug-likeness (QED) is 0.565. The van der Waals surface area contributed by atoms with Crippen molar-refractivity contribution in [1.29, 1.82) is 0 Å². The zero-order chi connectivity index (χ0) is 10.6. The van der Waals surface area contributed by atoms with Crippen LogP contribution in [0.4, 0.5) is 0 Å². The second-order valence-electron chi connectivity index (χ2n) is 4.14. The van der Waals surface area contributed by atoms with E-state index in [2.05, 4.69) is 5.32 Å². The van der Waals surface area contributed by atoms with Crippen molar-refractivity contribution in [2.24, 2.45) is 11.1 Å². The summed E-state index contributed by atoms with van der Waals surface area (Å²) in [5.74, 6) is 0.00940. The SMILES string of the molecule is CCCC(O)CNC(=O)C1(CN)CC1. The molecule has 0 aromatic heterocycles. The third-order valence-electron chi connectivity index (χ3n) is 2.85. The van der Waals surface area contributed by atoms with E-state index in [0.29, 0.717) is 13.1 Å². The molecule has 4 nitrogen and oxygen atoms in total. The summed E-state index contributed by atoms with van der Waals surface area (Å²) in [6.07, 6.45) is 3.02. The molecule has 0 radical (unpaired) electrons. The van der Waals surface area contributed by atoms with E-state index in [1.807, 2.05) is 6.92 Å². The first-order chi connectivity index (χ1) is 6.64. The molecule has 1 unspecified atom stereocenters. The van der Waals surface area contributed by atoms with Crippen LogP contribution in [-0.4, -0.2) is 30.2 Å². The van der Waals surface area contributed by atoms with Gasteiger partial charge in [0.1, 0.15) is 0 Å². The lowest BCUT2D eigenvalue weighted by atomic mass is 10.1. The summed E-state index contributed by atoms with van der Waals surface area (Å²) in [7, 11) is 0. The highest BCUT2D eigenvalue weighted by Gasteiger charge is 2.48. The zero-order valence-corrected chi connectivity index (χ0v) is 8.75. The summed E-state index contributed by atoms with van der Waals surface area (Å²) in [6.45, 7) is 2.78. The highest BCUT2D eigenvalue weighted by molar-refractivity contribution is 5.85. The fraction of sp³-hybridized carbons (Fsp3) is 0.900. The molecule has 82 valence electrons. The summed E-state index contributed by atoms with van der Waals surface area (Å²) in [6, 6.07) is 0. The molecule has 4 heteroatoms. The van der Waals surface area contributed by atoms with Gasteiger partial charge in [0.2, 0.25) is 5.91 Å². The molecule has 0 aromatic rings. The van der Waals surface area contributed by atoms with E-state index in [9.17, 15) is 9.90 Å². The molecule has 1 fully saturated rings. The van der Waals surface area contributed by atoms with Crippen molar-refractivity contribution in [2.75, 3.05) is 13.1 Å². The molecule has 1 saturated carbocycles. The number of aliphatic hydroxyl groups is 1. The first-order valence-corrected chi connectivity index (χ1v) is 5.31. The lowest BCUT2D eigenvalue weighted by Gasteiger charge is -2.15. The lowest BCUT2D eigenvalue weighted by Crippen LogP contribution is -2.40. The van der Waals surface area contributed by atoms with E-state index in [1.165, 1.54) is 0 Å². The molecule has 0 aromatic carbocycles. The van der Waals surface area contributed by atoms with Crippen LogP contribution < -0.4 is 11.1 Å². The van der Waals surface area contributed by atoms with Gasteiger partial charge in [-0.15, -0.1) is 0 Å². The Morgan fingerprint density at radius 1 is 1.64 bits per heavy atom. The van der Waals surface area contributed by atoms with Gasteiger partial charge >= 0.3 is 0 Å². The molecule has 14 heavy (non-hydrogen) atoms. The minimum absolute atomic E-state index is 0.00940. The number of nitrogens with two attached hydrogens (primary N) is 1. The molecular weight excluding hydrogens is 180 g/mol. The minimum atomic E-state index is -0.419. The van der Waals surface area contributed by atoms with Crippen molar-refractivity contribution in [3.8, 4) is 0 Å². The van der Waals surface area contributed by atoms with Gasteiger partial charge < -0.3 is 16.2 Å². The number of amides is 1. The van der Waals surface area contributed by atoms with E-state index in [4.69, 9.17) is 5.73 Å². The van der Waals surface area contributed by atoms with Gasteiger partial charge in [-0.05, 0) is 19.3 Å². The summed E-state index contributed by atoms with van der Waals surface area (Å²) >= 11 is 0. The average molecular weight is 200 g/mol. The Labute approximate surface area is 84.9 Å². The van der Waals surface area contributed by atoms with Gasteiger partial charge in [-0.1, -0.05) is 13.3 Å². The number of carbonyl (C=O) groups is 1. The van der Waals surface area contributed by atoms with Crippen LogP contribution in [-0.2, 0) is 4.79 Å². The van der Waals surface area contributed by atoms with E-state index < -0.39 is 6.10 Å². The number of rotatable bonds is 6. The Morgan fingerprint density at radius 3 is 2.71 bits per heavy atom. The van der Waals surface area contributed by atoms with Gasteiger partial charge in [-0.25, -0.2) is 0 Å². The summed E-state index contributed by atoms with van der Waals surface area (Å²) in [5, 5.41) is 12.2. The third-order valence-corrected chi connectivity index (χ3v) is 2.85. The highest BCUT2D eigenvalue weighted by atomic mass is 16.3. The van der Waals surface area contributed by atoms with E-state index in [0.717, 1.165) is 25.7 Å². The average Bonchev–Trinajstić information content (AvgIpc) is 2.95. The first kappa shape index (κ1) is 11.5. The van der Waals surface area contributed by atoms with Crippen LogP contribution in [0.15, 0.2) is 0 Å². The Bertz CT molecular complexity index is 202. The van der Waals surface area contributed by atoms with E-state index in [1.54, 1.807) is 0 Å². The summed E-state index contributed by atoms with van der Waals surface area (Å²) in [4.78, 5) is 11.6. The number of carbonyl (C=O) groups excluding carboxylic acids is 1. The van der Waals surface area contributed by atoms with Crippen molar-refractivity contribution in [2.45, 2.75) is 38.7 Å². The van der Waals surface area contributed by atoms with Gasteiger partial charge in [-0.3, -0.25) is 4.79 Å². The summed E-state index contributed by atoms with van der Waals surface area (Å²) in [5.41, 5.74) is 5.21. The van der Waals surface area contributed by atoms with E-state index >= 15 is 0 Å². The van der Waals surface area contributed by atoms with Crippen LogP contribution >= 0.6 is 0 Å². The minimum Gasteiger partial charge on any atom is -0.391 e. The fourth-order valence-electron chi connectivity index (χ4n) is 1.51. The number of nitrogens with one attached hydrogen (secondary N) is 1. The molecule has 1 rings (SSSR count). The van der Waals surface area contributed by atoms with Gasteiger partial charge in [0.05, 0.1) is 11.5 Å². The molecule has 1 aliphatic carbocycles. The highest BCUT2D eigenvalue weighted by Crippen LogP contribution is 2.44. The van der Waals surface area contributed by atoms with Gasteiger partial charge in [0.15, 0.2) is 0 Å². The number of hydrogen-bond acceptors (Lipinski definition) is 3. The van der Waals surface area contributed by atoms with E-state index in [-0.39, 0.29) is 11.3 Å². The van der Waals surface area contributed by atoms with Gasteiger partial charge in [0, 0.05) is 13.1 Å². The zero-order valence-electron chi connectivity index (χ0n) is 8.75. The Balaban J connectivity index is 2.21. The molecule has 0 aliphatic heterocycles. The maximum absolute atomic E-state index is 11.6. The topological polar surface area (TPSA) is 75.3 Å². The summed E-state index contributed by atoms with van der Waals surface area (Å²) < 4.78 is 0. The van der Waals surface area contributed by atoms with Crippen LogP contribution in [0.5, 0.6) is 0 Å². The van der Waals surface area contributed by atoms with Crippen LogP contribution in [0.1, 0.15) is 32.6 Å². The Kier molecular flexibility index (Phi) is 3.89.